The van der Waals surface area contributed by atoms with E-state index in [-0.39, 0.29) is 5.75 Å². The molecule has 0 N–H and O–H groups in total. The fraction of sp³-hybridized carbons (Fsp3) is 1.00. The molecular formula is C35H79O4PSSi2. The van der Waals surface area contributed by atoms with E-state index in [9.17, 15) is 8.42 Å². The quantitative estimate of drug-likeness (QED) is 0.0415. The van der Waals surface area contributed by atoms with E-state index < -0.39 is 33.6 Å². The van der Waals surface area contributed by atoms with E-state index >= 15 is 0 Å². The standard InChI is InChI=1S/C35H79O4PSSi2/c1-10-14-18-19-20-21-22-23-24-25-26-27-28-29-33-40(30-15-11-2,31-16-12-3,32-17-13-4)38-41(36,37)34-35-43(8,9)39-42(5,6)7/h10-35H2,1-9H3. The molecule has 0 unspecified atom stereocenters. The van der Waals surface area contributed by atoms with E-state index in [1.807, 2.05) is 0 Å². The van der Waals surface area contributed by atoms with Crippen molar-refractivity contribution >= 4 is 33.6 Å². The summed E-state index contributed by atoms with van der Waals surface area (Å²) in [7, 11) is -7.40. The average Bonchev–Trinajstić information content (AvgIpc) is 2.92. The van der Waals surface area contributed by atoms with Crippen LogP contribution >= 0.6 is 6.83 Å². The summed E-state index contributed by atoms with van der Waals surface area (Å²) < 4.78 is 41.1. The number of hydrogen-bond acceptors (Lipinski definition) is 4. The molecule has 0 fully saturated rings. The minimum atomic E-state index is -3.62. The first-order chi connectivity index (χ1) is 20.2. The predicted molar refractivity (Wildman–Crippen MR) is 203 cm³/mol. The molecule has 0 amide bonds. The van der Waals surface area contributed by atoms with Gasteiger partial charge in [-0.15, -0.1) is 0 Å². The first kappa shape index (κ1) is 43.7. The third-order valence-electron chi connectivity index (χ3n) is 9.17. The second kappa shape index (κ2) is 23.1. The van der Waals surface area contributed by atoms with E-state index in [1.54, 1.807) is 0 Å². The second-order valence-corrected chi connectivity index (χ2v) is 32.2. The number of hydrogen-bond donors (Lipinski definition) is 0. The van der Waals surface area contributed by atoms with Crippen LogP contribution in [0.2, 0.25) is 38.8 Å². The zero-order valence-corrected chi connectivity index (χ0v) is 34.6. The van der Waals surface area contributed by atoms with Gasteiger partial charge in [-0.2, -0.15) is 0 Å². The summed E-state index contributed by atoms with van der Waals surface area (Å²) >= 11 is 0. The van der Waals surface area contributed by atoms with Gasteiger partial charge in [0.1, 0.15) is 0 Å². The van der Waals surface area contributed by atoms with E-state index in [0.29, 0.717) is 6.04 Å². The molecule has 0 saturated carbocycles. The first-order valence-corrected chi connectivity index (χ1v) is 29.8. The predicted octanol–water partition coefficient (Wildman–Crippen LogP) is 12.7. The molecule has 0 aliphatic rings. The molecule has 43 heavy (non-hydrogen) atoms. The Morgan fingerprint density at radius 2 is 0.814 bits per heavy atom. The van der Waals surface area contributed by atoms with Crippen molar-refractivity contribution in [2.75, 3.05) is 30.4 Å². The Labute approximate surface area is 274 Å². The van der Waals surface area contributed by atoms with E-state index in [2.05, 4.69) is 60.4 Å². The van der Waals surface area contributed by atoms with Gasteiger partial charge in [0, 0.05) is 0 Å². The molecule has 0 saturated heterocycles. The normalized spacial score (nSPS) is 14.2. The maximum absolute atomic E-state index is 13.9. The van der Waals surface area contributed by atoms with Crippen molar-refractivity contribution in [3.05, 3.63) is 0 Å². The number of unbranched alkanes of at least 4 members (excludes halogenated alkanes) is 16. The summed E-state index contributed by atoms with van der Waals surface area (Å²) in [6.45, 7) is 17.1. The van der Waals surface area contributed by atoms with Gasteiger partial charge in [0.25, 0.3) is 0 Å². The van der Waals surface area contributed by atoms with Gasteiger partial charge in [0.15, 0.2) is 0 Å². The molecule has 0 aliphatic heterocycles. The van der Waals surface area contributed by atoms with E-state index in [0.717, 1.165) is 69.6 Å². The van der Waals surface area contributed by atoms with Crippen LogP contribution in [-0.2, 0) is 18.2 Å². The van der Waals surface area contributed by atoms with Crippen molar-refractivity contribution in [3.8, 4) is 0 Å². The van der Waals surface area contributed by atoms with Crippen molar-refractivity contribution in [2.24, 2.45) is 0 Å². The maximum atomic E-state index is 13.9. The van der Waals surface area contributed by atoms with Gasteiger partial charge >= 0.3 is 249 Å². The fourth-order valence-corrected chi connectivity index (χ4v) is 26.6. The summed E-state index contributed by atoms with van der Waals surface area (Å²) in [5.41, 5.74) is 0. The molecule has 8 heteroatoms. The van der Waals surface area contributed by atoms with Crippen molar-refractivity contribution < 1.29 is 16.5 Å². The van der Waals surface area contributed by atoms with Crippen LogP contribution < -0.4 is 0 Å². The van der Waals surface area contributed by atoms with Crippen LogP contribution in [0.15, 0.2) is 0 Å². The van der Waals surface area contributed by atoms with Gasteiger partial charge in [-0.1, -0.05) is 26.2 Å². The van der Waals surface area contributed by atoms with Crippen LogP contribution in [0.4, 0.5) is 0 Å². The second-order valence-electron chi connectivity index (χ2n) is 15.5. The van der Waals surface area contributed by atoms with Gasteiger partial charge in [0.2, 0.25) is 0 Å². The SMILES string of the molecule is CCCCCCCCCCCCCCCCP(CCCC)(CCCC)(CCCC)OS(=O)(=O)CC[Si](C)(C)O[Si](C)(C)C. The van der Waals surface area contributed by atoms with Gasteiger partial charge in [0.05, 0.1) is 0 Å². The van der Waals surface area contributed by atoms with E-state index in [4.69, 9.17) is 8.09 Å². The first-order valence-electron chi connectivity index (χ1n) is 18.8. The Kier molecular flexibility index (Phi) is 23.5. The molecule has 4 nitrogen and oxygen atoms in total. The summed E-state index contributed by atoms with van der Waals surface area (Å²) in [5, 5.41) is 0. The summed E-state index contributed by atoms with van der Waals surface area (Å²) in [6, 6.07) is 0.625. The average molecular weight is 683 g/mol. The van der Waals surface area contributed by atoms with Crippen molar-refractivity contribution in [3.63, 3.8) is 0 Å². The Morgan fingerprint density at radius 3 is 1.16 bits per heavy atom. The zero-order valence-electron chi connectivity index (χ0n) is 30.9. The summed E-state index contributed by atoms with van der Waals surface area (Å²) in [4.78, 5) is 0. The molecule has 0 bridgehead atoms. The monoisotopic (exact) mass is 682 g/mol. The van der Waals surface area contributed by atoms with Gasteiger partial charge < -0.3 is 0 Å². The molecule has 0 heterocycles. The van der Waals surface area contributed by atoms with Crippen molar-refractivity contribution in [1.82, 2.24) is 0 Å². The van der Waals surface area contributed by atoms with Crippen LogP contribution in [0.5, 0.6) is 0 Å². The van der Waals surface area contributed by atoms with Crippen LogP contribution in [0.25, 0.3) is 0 Å². The number of rotatable bonds is 31. The third kappa shape index (κ3) is 22.0. The van der Waals surface area contributed by atoms with E-state index in [1.165, 1.54) is 83.5 Å². The third-order valence-corrected chi connectivity index (χ3v) is 24.7. The molecule has 0 aromatic heterocycles. The molecule has 0 aromatic carbocycles. The Balaban J connectivity index is 5.31. The molecule has 262 valence electrons. The molecule has 0 spiro atoms. The Hall–Kier alpha value is 0.734. The van der Waals surface area contributed by atoms with Crippen LogP contribution in [0, 0.1) is 0 Å². The topological polar surface area (TPSA) is 52.6 Å². The van der Waals surface area contributed by atoms with Gasteiger partial charge in [-0.05, 0) is 0 Å². The molecule has 0 atom stereocenters. The van der Waals surface area contributed by atoms with Gasteiger partial charge in [-0.3, -0.25) is 0 Å². The molecule has 0 radical (unpaired) electrons. The van der Waals surface area contributed by atoms with Crippen molar-refractivity contribution in [2.45, 2.75) is 195 Å². The molecule has 0 aliphatic carbocycles. The molecular weight excluding hydrogens is 604 g/mol. The Bertz CT molecular complexity index is 759. The van der Waals surface area contributed by atoms with Crippen LogP contribution in [0.1, 0.15) is 156 Å². The van der Waals surface area contributed by atoms with Crippen LogP contribution in [-0.4, -0.2) is 55.5 Å². The summed E-state index contributed by atoms with van der Waals surface area (Å²) in [6.07, 6.45) is 29.4. The van der Waals surface area contributed by atoms with Gasteiger partial charge in [-0.25, -0.2) is 0 Å². The molecule has 0 rings (SSSR count). The minimum absolute atomic E-state index is 0.123. The summed E-state index contributed by atoms with van der Waals surface area (Å²) in [5.74, 6) is 0.123. The van der Waals surface area contributed by atoms with Crippen molar-refractivity contribution in [1.29, 1.82) is 0 Å². The fourth-order valence-electron chi connectivity index (χ4n) is 6.81. The zero-order chi connectivity index (χ0) is 32.7. The van der Waals surface area contributed by atoms with Crippen LogP contribution in [0.3, 0.4) is 0 Å². The molecule has 0 aromatic rings. The Morgan fingerprint density at radius 1 is 0.488 bits per heavy atom.